The Morgan fingerprint density at radius 2 is 2.00 bits per heavy atom. The molecule has 0 amide bonds. The Morgan fingerprint density at radius 1 is 1.24 bits per heavy atom. The fourth-order valence-corrected chi connectivity index (χ4v) is 2.19. The molecule has 0 saturated carbocycles. The van der Waals surface area contributed by atoms with E-state index in [-0.39, 0.29) is 0 Å². The molecule has 0 spiro atoms. The molecule has 0 aliphatic heterocycles. The Bertz CT molecular complexity index is 434. The molecule has 0 aliphatic carbocycles. The van der Waals surface area contributed by atoms with Crippen LogP contribution in [0.5, 0.6) is 0 Å². The summed E-state index contributed by atoms with van der Waals surface area (Å²) < 4.78 is 0. The predicted molar refractivity (Wildman–Crippen MR) is 75.1 cm³/mol. The van der Waals surface area contributed by atoms with Gasteiger partial charge < -0.3 is 10.2 Å². The molecule has 2 aromatic rings. The van der Waals surface area contributed by atoms with Gasteiger partial charge in [0.15, 0.2) is 0 Å². The van der Waals surface area contributed by atoms with E-state index >= 15 is 0 Å². The second-order valence-electron chi connectivity index (χ2n) is 4.04. The second kappa shape index (κ2) is 5.68. The van der Waals surface area contributed by atoms with Gasteiger partial charge in [-0.3, -0.25) is 0 Å². The molecule has 17 heavy (non-hydrogen) atoms. The van der Waals surface area contributed by atoms with Crippen molar-refractivity contribution in [3.63, 3.8) is 0 Å². The number of anilines is 2. The van der Waals surface area contributed by atoms with Gasteiger partial charge in [-0.25, -0.2) is 4.98 Å². The summed E-state index contributed by atoms with van der Waals surface area (Å²) in [6, 6.07) is 8.45. The van der Waals surface area contributed by atoms with Gasteiger partial charge in [0.05, 0.1) is 5.01 Å². The van der Waals surface area contributed by atoms with Crippen LogP contribution in [-0.2, 0) is 6.42 Å². The van der Waals surface area contributed by atoms with E-state index in [2.05, 4.69) is 39.5 Å². The number of rotatable bonds is 5. The fourth-order valence-electron chi connectivity index (χ4n) is 1.57. The van der Waals surface area contributed by atoms with Crippen LogP contribution in [0.1, 0.15) is 5.01 Å². The Balaban J connectivity index is 1.83. The lowest BCUT2D eigenvalue weighted by Gasteiger charge is -2.13. The Kier molecular flexibility index (Phi) is 3.98. The maximum absolute atomic E-state index is 4.26. The third-order valence-electron chi connectivity index (χ3n) is 2.54. The number of benzene rings is 1. The van der Waals surface area contributed by atoms with E-state index in [4.69, 9.17) is 0 Å². The maximum Gasteiger partial charge on any atom is 0.0942 e. The van der Waals surface area contributed by atoms with Crippen LogP contribution in [-0.4, -0.2) is 25.6 Å². The zero-order valence-electron chi connectivity index (χ0n) is 10.2. The van der Waals surface area contributed by atoms with E-state index in [1.54, 1.807) is 11.3 Å². The number of nitrogens with zero attached hydrogens (tertiary/aromatic N) is 2. The third kappa shape index (κ3) is 3.46. The summed E-state index contributed by atoms with van der Waals surface area (Å²) >= 11 is 1.71. The van der Waals surface area contributed by atoms with Gasteiger partial charge >= 0.3 is 0 Å². The summed E-state index contributed by atoms with van der Waals surface area (Å²) in [6.07, 6.45) is 2.83. The molecular formula is C13H17N3S. The molecule has 0 atom stereocenters. The Hall–Kier alpha value is -1.55. The van der Waals surface area contributed by atoms with Crippen LogP contribution in [0.15, 0.2) is 35.8 Å². The van der Waals surface area contributed by atoms with Crippen molar-refractivity contribution in [3.8, 4) is 0 Å². The maximum atomic E-state index is 4.26. The van der Waals surface area contributed by atoms with Crippen molar-refractivity contribution in [2.24, 2.45) is 0 Å². The van der Waals surface area contributed by atoms with E-state index in [0.717, 1.165) is 18.7 Å². The first-order chi connectivity index (χ1) is 8.25. The van der Waals surface area contributed by atoms with Gasteiger partial charge in [0.2, 0.25) is 0 Å². The molecule has 0 aliphatic rings. The van der Waals surface area contributed by atoms with E-state index in [1.165, 1.54) is 10.7 Å². The lowest BCUT2D eigenvalue weighted by atomic mass is 10.2. The lowest BCUT2D eigenvalue weighted by Crippen LogP contribution is -2.09. The molecule has 2 rings (SSSR count). The van der Waals surface area contributed by atoms with Gasteiger partial charge in [0.25, 0.3) is 0 Å². The summed E-state index contributed by atoms with van der Waals surface area (Å²) in [7, 11) is 4.09. The summed E-state index contributed by atoms with van der Waals surface area (Å²) in [5, 5.41) is 6.60. The minimum Gasteiger partial charge on any atom is -0.385 e. The molecular weight excluding hydrogens is 230 g/mol. The van der Waals surface area contributed by atoms with E-state index < -0.39 is 0 Å². The highest BCUT2D eigenvalue weighted by molar-refractivity contribution is 7.09. The van der Waals surface area contributed by atoms with E-state index in [0.29, 0.717) is 0 Å². The smallest absolute Gasteiger partial charge is 0.0942 e. The molecule has 1 heterocycles. The van der Waals surface area contributed by atoms with Gasteiger partial charge in [-0.15, -0.1) is 11.3 Å². The molecule has 4 heteroatoms. The molecule has 1 aromatic heterocycles. The number of aromatic nitrogens is 1. The van der Waals surface area contributed by atoms with Gasteiger partial charge in [-0.2, -0.15) is 0 Å². The van der Waals surface area contributed by atoms with Crippen LogP contribution in [0, 0.1) is 0 Å². The first-order valence-electron chi connectivity index (χ1n) is 5.65. The number of hydrogen-bond acceptors (Lipinski definition) is 4. The fraction of sp³-hybridized carbons (Fsp3) is 0.308. The largest absolute Gasteiger partial charge is 0.385 e. The molecule has 0 fully saturated rings. The Labute approximate surface area is 106 Å². The van der Waals surface area contributed by atoms with Crippen molar-refractivity contribution < 1.29 is 0 Å². The Morgan fingerprint density at radius 3 is 2.59 bits per heavy atom. The monoisotopic (exact) mass is 247 g/mol. The number of thiazole rings is 1. The lowest BCUT2D eigenvalue weighted by molar-refractivity contribution is 0.998. The van der Waals surface area contributed by atoms with Gasteiger partial charge in [0, 0.05) is 50.0 Å². The van der Waals surface area contributed by atoms with Gasteiger partial charge in [-0.05, 0) is 24.3 Å². The first kappa shape index (κ1) is 11.9. The average Bonchev–Trinajstić information content (AvgIpc) is 2.83. The highest BCUT2D eigenvalue weighted by Crippen LogP contribution is 2.15. The van der Waals surface area contributed by atoms with Gasteiger partial charge in [0.1, 0.15) is 0 Å². The molecule has 0 saturated heterocycles. The van der Waals surface area contributed by atoms with Crippen LogP contribution >= 0.6 is 11.3 Å². The van der Waals surface area contributed by atoms with Crippen LogP contribution in [0.25, 0.3) is 0 Å². The van der Waals surface area contributed by atoms with Crippen molar-refractivity contribution in [2.45, 2.75) is 6.42 Å². The summed E-state index contributed by atoms with van der Waals surface area (Å²) in [5.41, 5.74) is 2.38. The van der Waals surface area contributed by atoms with E-state index in [9.17, 15) is 0 Å². The minimum absolute atomic E-state index is 0.925. The van der Waals surface area contributed by atoms with Crippen molar-refractivity contribution in [3.05, 3.63) is 40.8 Å². The predicted octanol–water partition coefficient (Wildman–Crippen LogP) is 2.86. The molecule has 90 valence electrons. The van der Waals surface area contributed by atoms with Crippen molar-refractivity contribution >= 4 is 22.7 Å². The van der Waals surface area contributed by atoms with E-state index in [1.807, 2.05) is 25.7 Å². The topological polar surface area (TPSA) is 28.2 Å². The van der Waals surface area contributed by atoms with Crippen LogP contribution in [0.3, 0.4) is 0 Å². The number of nitrogens with one attached hydrogen (secondary N) is 1. The normalized spacial score (nSPS) is 10.2. The van der Waals surface area contributed by atoms with Crippen molar-refractivity contribution in [1.29, 1.82) is 0 Å². The highest BCUT2D eigenvalue weighted by Gasteiger charge is 1.97. The first-order valence-corrected chi connectivity index (χ1v) is 6.53. The summed E-state index contributed by atoms with van der Waals surface area (Å²) in [6.45, 7) is 0.925. The van der Waals surface area contributed by atoms with Crippen LogP contribution in [0.2, 0.25) is 0 Å². The average molecular weight is 247 g/mol. The molecule has 0 unspecified atom stereocenters. The number of hydrogen-bond donors (Lipinski definition) is 1. The minimum atomic E-state index is 0.925. The molecule has 1 N–H and O–H groups in total. The zero-order valence-corrected chi connectivity index (χ0v) is 11.0. The molecule has 0 radical (unpaired) electrons. The molecule has 0 bridgehead atoms. The van der Waals surface area contributed by atoms with Crippen molar-refractivity contribution in [1.82, 2.24) is 4.98 Å². The van der Waals surface area contributed by atoms with Gasteiger partial charge in [-0.1, -0.05) is 0 Å². The summed E-state index contributed by atoms with van der Waals surface area (Å²) in [4.78, 5) is 6.35. The second-order valence-corrected chi connectivity index (χ2v) is 5.02. The van der Waals surface area contributed by atoms with Crippen LogP contribution in [0.4, 0.5) is 11.4 Å². The third-order valence-corrected chi connectivity index (χ3v) is 3.37. The molecule has 1 aromatic carbocycles. The molecule has 3 nitrogen and oxygen atoms in total. The zero-order chi connectivity index (χ0) is 12.1. The standard InChI is InChI=1S/C13H17N3S/c1-16(2)12-5-3-11(4-6-12)14-8-7-13-15-9-10-17-13/h3-6,9-10,14H,7-8H2,1-2H3. The van der Waals surface area contributed by atoms with Crippen molar-refractivity contribution in [2.75, 3.05) is 30.9 Å². The van der Waals surface area contributed by atoms with Crippen LogP contribution < -0.4 is 10.2 Å². The quantitative estimate of drug-likeness (QED) is 0.880. The highest BCUT2D eigenvalue weighted by atomic mass is 32.1. The SMILES string of the molecule is CN(C)c1ccc(NCCc2nccs2)cc1. The summed E-state index contributed by atoms with van der Waals surface area (Å²) in [5.74, 6) is 0.